The van der Waals surface area contributed by atoms with Gasteiger partial charge in [-0.3, -0.25) is 19.1 Å². The first kappa shape index (κ1) is 25.1. The summed E-state index contributed by atoms with van der Waals surface area (Å²) in [6.45, 7) is 4.95. The second-order valence-corrected chi connectivity index (χ2v) is 8.16. The molecular formula is C26H30N6O4. The van der Waals surface area contributed by atoms with Crippen LogP contribution in [-0.4, -0.2) is 59.6 Å². The van der Waals surface area contributed by atoms with Crippen LogP contribution in [-0.2, 0) is 11.3 Å². The smallest absolute Gasteiger partial charge is 0.281 e. The SMILES string of the molecule is C/C=C/C(=O)CCCNCCOc1ccc2c3n(c(=NC(=O)c4cccnc4)nc2c1OC)CCN3. The molecule has 10 heteroatoms. The van der Waals surface area contributed by atoms with E-state index in [1.54, 1.807) is 37.6 Å². The van der Waals surface area contributed by atoms with Crippen LogP contribution < -0.4 is 25.7 Å². The number of hydrogen-bond donors (Lipinski definition) is 2. The lowest BCUT2D eigenvalue weighted by Gasteiger charge is -2.15. The lowest BCUT2D eigenvalue weighted by Crippen LogP contribution is -2.25. The van der Waals surface area contributed by atoms with Crippen LogP contribution in [0.4, 0.5) is 5.82 Å². The zero-order valence-electron chi connectivity index (χ0n) is 20.5. The molecule has 3 aromatic rings. The Morgan fingerprint density at radius 2 is 2.17 bits per heavy atom. The molecule has 188 valence electrons. The average Bonchev–Trinajstić information content (AvgIpc) is 3.39. The summed E-state index contributed by atoms with van der Waals surface area (Å²) in [5, 5.41) is 7.49. The first-order valence-corrected chi connectivity index (χ1v) is 12.0. The molecule has 2 aromatic heterocycles. The number of carbonyl (C=O) groups is 2. The van der Waals surface area contributed by atoms with Crippen molar-refractivity contribution in [1.29, 1.82) is 0 Å². The Kier molecular flexibility index (Phi) is 8.40. The average molecular weight is 491 g/mol. The van der Waals surface area contributed by atoms with Crippen LogP contribution in [0.15, 0.2) is 53.8 Å². The molecule has 0 saturated heterocycles. The number of allylic oxidation sites excluding steroid dienone is 2. The summed E-state index contributed by atoms with van der Waals surface area (Å²) in [7, 11) is 1.56. The van der Waals surface area contributed by atoms with Gasteiger partial charge >= 0.3 is 0 Å². The Morgan fingerprint density at radius 3 is 2.94 bits per heavy atom. The summed E-state index contributed by atoms with van der Waals surface area (Å²) in [6, 6.07) is 7.15. The maximum absolute atomic E-state index is 12.7. The lowest BCUT2D eigenvalue weighted by atomic mass is 10.2. The summed E-state index contributed by atoms with van der Waals surface area (Å²) in [6.07, 6.45) is 7.74. The number of pyridine rings is 1. The van der Waals surface area contributed by atoms with Crippen molar-refractivity contribution in [3.05, 3.63) is 60.0 Å². The molecule has 0 fully saturated rings. The summed E-state index contributed by atoms with van der Waals surface area (Å²) >= 11 is 0. The Hall–Kier alpha value is -4.05. The summed E-state index contributed by atoms with van der Waals surface area (Å²) in [5.74, 6) is 1.58. The number of anilines is 1. The molecule has 0 bridgehead atoms. The van der Waals surface area contributed by atoms with Gasteiger partial charge in [0.15, 0.2) is 17.3 Å². The highest BCUT2D eigenvalue weighted by atomic mass is 16.5. The first-order chi connectivity index (χ1) is 17.6. The molecule has 4 rings (SSSR count). The Labute approximate surface area is 209 Å². The summed E-state index contributed by atoms with van der Waals surface area (Å²) < 4.78 is 13.5. The predicted molar refractivity (Wildman–Crippen MR) is 136 cm³/mol. The molecule has 1 aromatic carbocycles. The van der Waals surface area contributed by atoms with E-state index in [1.165, 1.54) is 6.20 Å². The molecule has 0 unspecified atom stereocenters. The minimum Gasteiger partial charge on any atom is -0.491 e. The van der Waals surface area contributed by atoms with Gasteiger partial charge in [0.1, 0.15) is 17.9 Å². The number of nitrogens with zero attached hydrogens (tertiary/aromatic N) is 4. The fraction of sp³-hybridized carbons (Fsp3) is 0.346. The number of carbonyl (C=O) groups excluding carboxylic acids is 2. The Balaban J connectivity index is 1.52. The van der Waals surface area contributed by atoms with Crippen molar-refractivity contribution < 1.29 is 19.1 Å². The molecule has 0 radical (unpaired) electrons. The van der Waals surface area contributed by atoms with Crippen LogP contribution in [0.2, 0.25) is 0 Å². The number of ketones is 1. The summed E-state index contributed by atoms with van der Waals surface area (Å²) in [4.78, 5) is 37.2. The molecule has 1 aliphatic heterocycles. The number of benzene rings is 1. The fourth-order valence-corrected chi connectivity index (χ4v) is 4.00. The third-order valence-electron chi connectivity index (χ3n) is 5.68. The molecule has 0 saturated carbocycles. The molecule has 0 spiro atoms. The van der Waals surface area contributed by atoms with Crippen LogP contribution >= 0.6 is 0 Å². The van der Waals surface area contributed by atoms with Gasteiger partial charge in [-0.15, -0.1) is 0 Å². The standard InChI is InChI=1S/C26H30N6O4/c1-3-6-19(33)8-5-11-27-14-16-36-21-10-9-20-22(23(21)35-2)30-26(32-15-13-29-24(20)32)31-25(34)18-7-4-12-28-17-18/h3-4,6-7,9-10,12,17,27,29H,5,8,11,13-16H2,1-2H3/b6-3+,31-26?. The zero-order valence-corrected chi connectivity index (χ0v) is 20.5. The van der Waals surface area contributed by atoms with Crippen molar-refractivity contribution in [1.82, 2.24) is 19.9 Å². The molecule has 0 atom stereocenters. The summed E-state index contributed by atoms with van der Waals surface area (Å²) in [5.41, 5.74) is 1.24. The van der Waals surface area contributed by atoms with Gasteiger partial charge in [0.2, 0.25) is 5.62 Å². The van der Waals surface area contributed by atoms with Gasteiger partial charge < -0.3 is 20.1 Å². The molecule has 36 heavy (non-hydrogen) atoms. The van der Waals surface area contributed by atoms with Gasteiger partial charge in [0.05, 0.1) is 12.7 Å². The molecule has 10 nitrogen and oxygen atoms in total. The Bertz CT molecular complexity index is 1330. The van der Waals surface area contributed by atoms with Crippen molar-refractivity contribution in [3.8, 4) is 11.5 Å². The van der Waals surface area contributed by atoms with Crippen LogP contribution in [0.5, 0.6) is 11.5 Å². The third kappa shape index (κ3) is 5.77. The predicted octanol–water partition coefficient (Wildman–Crippen LogP) is 2.50. The van der Waals surface area contributed by atoms with E-state index in [-0.39, 0.29) is 5.78 Å². The fourth-order valence-electron chi connectivity index (χ4n) is 4.00. The number of nitrogens with one attached hydrogen (secondary N) is 2. The monoisotopic (exact) mass is 490 g/mol. The van der Waals surface area contributed by atoms with E-state index in [0.717, 1.165) is 24.2 Å². The quantitative estimate of drug-likeness (QED) is 0.311. The van der Waals surface area contributed by atoms with Crippen LogP contribution in [0, 0.1) is 0 Å². The van der Waals surface area contributed by atoms with Gasteiger partial charge in [-0.1, -0.05) is 6.08 Å². The van der Waals surface area contributed by atoms with E-state index < -0.39 is 5.91 Å². The molecule has 2 N–H and O–H groups in total. The van der Waals surface area contributed by atoms with Gasteiger partial charge in [-0.05, 0) is 50.2 Å². The van der Waals surface area contributed by atoms with E-state index in [9.17, 15) is 9.59 Å². The van der Waals surface area contributed by atoms with Gasteiger partial charge in [-0.25, -0.2) is 4.98 Å². The van der Waals surface area contributed by atoms with Crippen LogP contribution in [0.1, 0.15) is 30.1 Å². The third-order valence-corrected chi connectivity index (χ3v) is 5.68. The first-order valence-electron chi connectivity index (χ1n) is 12.0. The molecular weight excluding hydrogens is 460 g/mol. The number of aromatic nitrogens is 3. The zero-order chi connectivity index (χ0) is 25.3. The lowest BCUT2D eigenvalue weighted by molar-refractivity contribution is -0.114. The van der Waals surface area contributed by atoms with Crippen molar-refractivity contribution in [2.45, 2.75) is 26.3 Å². The number of hydrogen-bond acceptors (Lipinski definition) is 8. The highest BCUT2D eigenvalue weighted by Gasteiger charge is 2.20. The van der Waals surface area contributed by atoms with Gasteiger partial charge in [-0.2, -0.15) is 4.99 Å². The maximum atomic E-state index is 12.7. The normalized spacial score (nSPS) is 13.1. The number of ether oxygens (including phenoxy) is 2. The second kappa shape index (κ2) is 12.1. The van der Waals surface area contributed by atoms with Gasteiger partial charge in [0, 0.05) is 43.8 Å². The van der Waals surface area contributed by atoms with E-state index in [4.69, 9.17) is 14.5 Å². The molecule has 1 aliphatic rings. The van der Waals surface area contributed by atoms with Crippen molar-refractivity contribution in [2.75, 3.05) is 38.7 Å². The van der Waals surface area contributed by atoms with Crippen molar-refractivity contribution in [3.63, 3.8) is 0 Å². The van der Waals surface area contributed by atoms with Gasteiger partial charge in [0.25, 0.3) is 5.91 Å². The number of methoxy groups -OCH3 is 1. The van der Waals surface area contributed by atoms with Crippen LogP contribution in [0.25, 0.3) is 10.9 Å². The minimum absolute atomic E-state index is 0.135. The molecule has 3 heterocycles. The van der Waals surface area contributed by atoms with E-state index in [2.05, 4.69) is 20.6 Å². The number of fused-ring (bicyclic) bond motifs is 3. The highest BCUT2D eigenvalue weighted by molar-refractivity contribution is 5.96. The largest absolute Gasteiger partial charge is 0.491 e. The number of amides is 1. The number of rotatable bonds is 11. The minimum atomic E-state index is -0.415. The van der Waals surface area contributed by atoms with Crippen LogP contribution in [0.3, 0.4) is 0 Å². The van der Waals surface area contributed by atoms with Crippen molar-refractivity contribution in [2.24, 2.45) is 4.99 Å². The topological polar surface area (TPSA) is 120 Å². The van der Waals surface area contributed by atoms with E-state index >= 15 is 0 Å². The van der Waals surface area contributed by atoms with E-state index in [1.807, 2.05) is 23.6 Å². The highest BCUT2D eigenvalue weighted by Crippen LogP contribution is 2.37. The molecule has 0 aliphatic carbocycles. The molecule has 1 amide bonds. The van der Waals surface area contributed by atoms with Crippen molar-refractivity contribution >= 4 is 28.4 Å². The Morgan fingerprint density at radius 1 is 1.28 bits per heavy atom. The maximum Gasteiger partial charge on any atom is 0.281 e. The second-order valence-electron chi connectivity index (χ2n) is 8.16. The van der Waals surface area contributed by atoms with E-state index in [0.29, 0.717) is 60.9 Å².